The summed E-state index contributed by atoms with van der Waals surface area (Å²) in [6.45, 7) is 0. The standard InChI is InChI=1S/C10H11NO/c12-7-11-10-5-8-3-1-2-4-9(8)6-10/h1-4,7,10H,5-6H2,(H,11,12). The zero-order valence-electron chi connectivity index (χ0n) is 6.79. The molecule has 0 saturated heterocycles. The van der Waals surface area contributed by atoms with E-state index in [2.05, 4.69) is 17.4 Å². The third-order valence-corrected chi connectivity index (χ3v) is 2.35. The summed E-state index contributed by atoms with van der Waals surface area (Å²) in [5.74, 6) is 0. The van der Waals surface area contributed by atoms with Gasteiger partial charge in [-0.05, 0) is 24.0 Å². The summed E-state index contributed by atoms with van der Waals surface area (Å²) in [7, 11) is 0. The molecule has 1 N–H and O–H groups in total. The maximum Gasteiger partial charge on any atom is 0.207 e. The van der Waals surface area contributed by atoms with Gasteiger partial charge in [0.25, 0.3) is 0 Å². The normalized spacial score (nSPS) is 15.7. The van der Waals surface area contributed by atoms with E-state index in [1.54, 1.807) is 0 Å². The van der Waals surface area contributed by atoms with E-state index in [9.17, 15) is 4.79 Å². The van der Waals surface area contributed by atoms with Crippen molar-refractivity contribution in [3.05, 3.63) is 35.4 Å². The minimum absolute atomic E-state index is 0.319. The average Bonchev–Trinajstić information content (AvgIpc) is 2.47. The molecule has 0 fully saturated rings. The molecule has 1 aliphatic rings. The lowest BCUT2D eigenvalue weighted by atomic mass is 10.1. The van der Waals surface area contributed by atoms with Crippen LogP contribution in [0.3, 0.4) is 0 Å². The van der Waals surface area contributed by atoms with Gasteiger partial charge in [0.2, 0.25) is 6.41 Å². The lowest BCUT2D eigenvalue weighted by Crippen LogP contribution is -2.27. The molecule has 0 aromatic heterocycles. The van der Waals surface area contributed by atoms with Gasteiger partial charge in [-0.3, -0.25) is 4.79 Å². The summed E-state index contributed by atoms with van der Waals surface area (Å²) in [6.07, 6.45) is 2.75. The zero-order chi connectivity index (χ0) is 8.39. The second-order valence-corrected chi connectivity index (χ2v) is 3.16. The topological polar surface area (TPSA) is 29.1 Å². The van der Waals surface area contributed by atoms with Crippen LogP contribution >= 0.6 is 0 Å². The van der Waals surface area contributed by atoms with Gasteiger partial charge in [-0.25, -0.2) is 0 Å². The first-order valence-electron chi connectivity index (χ1n) is 4.16. The van der Waals surface area contributed by atoms with E-state index in [4.69, 9.17) is 0 Å². The maximum absolute atomic E-state index is 10.2. The van der Waals surface area contributed by atoms with Gasteiger partial charge in [-0.1, -0.05) is 24.3 Å². The monoisotopic (exact) mass is 161 g/mol. The van der Waals surface area contributed by atoms with E-state index in [0.29, 0.717) is 6.04 Å². The van der Waals surface area contributed by atoms with Crippen LogP contribution in [0.25, 0.3) is 0 Å². The molecule has 2 nitrogen and oxygen atoms in total. The Kier molecular flexibility index (Phi) is 1.82. The second kappa shape index (κ2) is 2.97. The minimum Gasteiger partial charge on any atom is -0.355 e. The Morgan fingerprint density at radius 2 is 1.83 bits per heavy atom. The summed E-state index contributed by atoms with van der Waals surface area (Å²) in [6, 6.07) is 8.66. The molecule has 0 spiro atoms. The molecule has 0 heterocycles. The SMILES string of the molecule is O=CNC1Cc2ccccc2C1. The third kappa shape index (κ3) is 1.20. The van der Waals surface area contributed by atoms with Crippen LogP contribution in [-0.4, -0.2) is 12.5 Å². The van der Waals surface area contributed by atoms with Crippen molar-refractivity contribution in [2.24, 2.45) is 0 Å². The largest absolute Gasteiger partial charge is 0.355 e. The minimum atomic E-state index is 0.319. The van der Waals surface area contributed by atoms with Crippen LogP contribution in [0.15, 0.2) is 24.3 Å². The predicted octanol–water partition coefficient (Wildman–Crippen LogP) is 0.900. The quantitative estimate of drug-likeness (QED) is 0.641. The Bertz CT molecular complexity index is 271. The maximum atomic E-state index is 10.2. The van der Waals surface area contributed by atoms with Crippen LogP contribution < -0.4 is 5.32 Å². The molecule has 0 saturated carbocycles. The Hall–Kier alpha value is -1.31. The number of fused-ring (bicyclic) bond motifs is 1. The van der Waals surface area contributed by atoms with Gasteiger partial charge in [-0.2, -0.15) is 0 Å². The first kappa shape index (κ1) is 7.35. The third-order valence-electron chi connectivity index (χ3n) is 2.35. The number of benzene rings is 1. The number of hydrogen-bond donors (Lipinski definition) is 1. The lowest BCUT2D eigenvalue weighted by Gasteiger charge is -2.04. The van der Waals surface area contributed by atoms with Crippen molar-refractivity contribution in [1.29, 1.82) is 0 Å². The number of hydrogen-bond acceptors (Lipinski definition) is 1. The Labute approximate surface area is 71.6 Å². The van der Waals surface area contributed by atoms with Crippen molar-refractivity contribution < 1.29 is 4.79 Å². The lowest BCUT2D eigenvalue weighted by molar-refractivity contribution is -0.110. The molecule has 0 bridgehead atoms. The number of carbonyl (C=O) groups is 1. The van der Waals surface area contributed by atoms with Gasteiger partial charge in [0.05, 0.1) is 0 Å². The summed E-state index contributed by atoms with van der Waals surface area (Å²) >= 11 is 0. The van der Waals surface area contributed by atoms with Crippen molar-refractivity contribution in [2.75, 3.05) is 0 Å². The van der Waals surface area contributed by atoms with Gasteiger partial charge in [-0.15, -0.1) is 0 Å². The van der Waals surface area contributed by atoms with Crippen LogP contribution in [0, 0.1) is 0 Å². The molecule has 0 atom stereocenters. The molecule has 0 radical (unpaired) electrons. The van der Waals surface area contributed by atoms with Crippen molar-refractivity contribution >= 4 is 6.41 Å². The van der Waals surface area contributed by atoms with E-state index in [-0.39, 0.29) is 0 Å². The van der Waals surface area contributed by atoms with Gasteiger partial charge < -0.3 is 5.32 Å². The molecule has 1 aromatic rings. The van der Waals surface area contributed by atoms with Crippen LogP contribution in [0.5, 0.6) is 0 Å². The predicted molar refractivity (Wildman–Crippen MR) is 46.8 cm³/mol. The van der Waals surface area contributed by atoms with Crippen molar-refractivity contribution in [1.82, 2.24) is 5.32 Å². The molecule has 2 rings (SSSR count). The number of rotatable bonds is 2. The highest BCUT2D eigenvalue weighted by molar-refractivity contribution is 5.48. The molecule has 1 aromatic carbocycles. The number of nitrogens with one attached hydrogen (secondary N) is 1. The zero-order valence-corrected chi connectivity index (χ0v) is 6.79. The smallest absolute Gasteiger partial charge is 0.207 e. The summed E-state index contributed by atoms with van der Waals surface area (Å²) in [4.78, 5) is 10.2. The van der Waals surface area contributed by atoms with E-state index < -0.39 is 0 Å². The molecular weight excluding hydrogens is 150 g/mol. The van der Waals surface area contributed by atoms with Crippen molar-refractivity contribution in [3.8, 4) is 0 Å². The summed E-state index contributed by atoms with van der Waals surface area (Å²) < 4.78 is 0. The molecule has 1 amide bonds. The van der Waals surface area contributed by atoms with E-state index in [1.807, 2.05) is 12.1 Å². The Balaban J connectivity index is 2.16. The van der Waals surface area contributed by atoms with Crippen molar-refractivity contribution in [3.63, 3.8) is 0 Å². The van der Waals surface area contributed by atoms with Crippen molar-refractivity contribution in [2.45, 2.75) is 18.9 Å². The molecular formula is C10H11NO. The molecule has 0 aliphatic heterocycles. The molecule has 12 heavy (non-hydrogen) atoms. The first-order valence-corrected chi connectivity index (χ1v) is 4.16. The van der Waals surface area contributed by atoms with Gasteiger partial charge >= 0.3 is 0 Å². The first-order chi connectivity index (χ1) is 5.90. The fourth-order valence-corrected chi connectivity index (χ4v) is 1.77. The summed E-state index contributed by atoms with van der Waals surface area (Å²) in [5, 5.41) is 2.81. The van der Waals surface area contributed by atoms with E-state index in [1.165, 1.54) is 11.1 Å². The second-order valence-electron chi connectivity index (χ2n) is 3.16. The molecule has 1 aliphatic carbocycles. The highest BCUT2D eigenvalue weighted by Crippen LogP contribution is 2.20. The fraction of sp³-hybridized carbons (Fsp3) is 0.300. The van der Waals surface area contributed by atoms with Crippen LogP contribution in [0.2, 0.25) is 0 Å². The van der Waals surface area contributed by atoms with Crippen LogP contribution in [-0.2, 0) is 17.6 Å². The summed E-state index contributed by atoms with van der Waals surface area (Å²) in [5.41, 5.74) is 2.74. The number of amides is 1. The van der Waals surface area contributed by atoms with E-state index >= 15 is 0 Å². The van der Waals surface area contributed by atoms with Crippen LogP contribution in [0.1, 0.15) is 11.1 Å². The molecule has 0 unspecified atom stereocenters. The highest BCUT2D eigenvalue weighted by Gasteiger charge is 2.19. The van der Waals surface area contributed by atoms with Gasteiger partial charge in [0, 0.05) is 6.04 Å². The van der Waals surface area contributed by atoms with Gasteiger partial charge in [0.15, 0.2) is 0 Å². The van der Waals surface area contributed by atoms with E-state index in [0.717, 1.165) is 19.3 Å². The molecule has 62 valence electrons. The Morgan fingerprint density at radius 3 is 2.33 bits per heavy atom. The Morgan fingerprint density at radius 1 is 1.25 bits per heavy atom. The fourth-order valence-electron chi connectivity index (χ4n) is 1.77. The highest BCUT2D eigenvalue weighted by atomic mass is 16.1. The van der Waals surface area contributed by atoms with Crippen LogP contribution in [0.4, 0.5) is 0 Å². The average molecular weight is 161 g/mol. The number of carbonyl (C=O) groups excluding carboxylic acids is 1. The molecule has 2 heteroatoms. The van der Waals surface area contributed by atoms with Gasteiger partial charge in [0.1, 0.15) is 0 Å².